The predicted molar refractivity (Wildman–Crippen MR) is 64.1 cm³/mol. The molecule has 0 saturated carbocycles. The molecule has 0 saturated heterocycles. The lowest BCUT2D eigenvalue weighted by molar-refractivity contribution is 0.315. The summed E-state index contributed by atoms with van der Waals surface area (Å²) < 4.78 is 4.54. The SMILES string of the molecule is N#CC(C#N)=NNc1c(Cl)cc(Cl)c2nonc12. The number of rotatable bonds is 2. The molecule has 0 aliphatic heterocycles. The molecule has 18 heavy (non-hydrogen) atoms. The summed E-state index contributed by atoms with van der Waals surface area (Å²) in [5.41, 5.74) is 2.91. The molecule has 9 heteroatoms. The van der Waals surface area contributed by atoms with Crippen molar-refractivity contribution in [2.24, 2.45) is 5.10 Å². The number of nitriles is 2. The van der Waals surface area contributed by atoms with Crippen LogP contribution in [0, 0.1) is 22.7 Å². The standard InChI is InChI=1S/C9H2Cl2N6O/c10-5-1-6(11)8-9(17-18-16-8)7(5)15-14-4(2-12)3-13/h1,15H. The lowest BCUT2D eigenvalue weighted by Gasteiger charge is -2.03. The van der Waals surface area contributed by atoms with Crippen LogP contribution in [0.15, 0.2) is 15.8 Å². The second-order valence-corrected chi connectivity index (χ2v) is 3.79. The van der Waals surface area contributed by atoms with E-state index in [1.54, 1.807) is 12.1 Å². The van der Waals surface area contributed by atoms with Gasteiger partial charge < -0.3 is 0 Å². The molecule has 0 spiro atoms. The van der Waals surface area contributed by atoms with Crippen LogP contribution >= 0.6 is 23.2 Å². The summed E-state index contributed by atoms with van der Waals surface area (Å²) in [4.78, 5) is 0. The Morgan fingerprint density at radius 3 is 2.56 bits per heavy atom. The minimum atomic E-state index is -0.356. The summed E-state index contributed by atoms with van der Waals surface area (Å²) in [5.74, 6) is 0. The van der Waals surface area contributed by atoms with Gasteiger partial charge in [0, 0.05) is 0 Å². The molecule has 88 valence electrons. The van der Waals surface area contributed by atoms with Crippen molar-refractivity contribution in [1.29, 1.82) is 10.5 Å². The molecule has 1 aromatic carbocycles. The fraction of sp³-hybridized carbons (Fsp3) is 0. The van der Waals surface area contributed by atoms with Gasteiger partial charge in [0.1, 0.15) is 17.8 Å². The van der Waals surface area contributed by atoms with Gasteiger partial charge >= 0.3 is 0 Å². The van der Waals surface area contributed by atoms with E-state index in [1.807, 2.05) is 0 Å². The molecular weight excluding hydrogens is 279 g/mol. The van der Waals surface area contributed by atoms with Crippen LogP contribution in [0.5, 0.6) is 0 Å². The quantitative estimate of drug-likeness (QED) is 0.668. The lowest BCUT2D eigenvalue weighted by atomic mass is 10.2. The Hall–Kier alpha value is -2.35. The number of hydrazone groups is 1. The summed E-state index contributed by atoms with van der Waals surface area (Å²) in [6.07, 6.45) is 0. The van der Waals surface area contributed by atoms with Crippen LogP contribution in [0.1, 0.15) is 0 Å². The van der Waals surface area contributed by atoms with Gasteiger partial charge in [0.05, 0.1) is 10.0 Å². The molecule has 0 atom stereocenters. The number of hydrogen-bond acceptors (Lipinski definition) is 7. The largest absolute Gasteiger partial charge is 0.273 e. The van der Waals surface area contributed by atoms with Crippen molar-refractivity contribution in [3.05, 3.63) is 16.1 Å². The third-order valence-electron chi connectivity index (χ3n) is 1.94. The van der Waals surface area contributed by atoms with E-state index in [1.165, 1.54) is 6.07 Å². The molecule has 0 bridgehead atoms. The fourth-order valence-electron chi connectivity index (χ4n) is 1.17. The average molecular weight is 281 g/mol. The Bertz CT molecular complexity index is 707. The third kappa shape index (κ3) is 2.05. The summed E-state index contributed by atoms with van der Waals surface area (Å²) in [5, 5.41) is 28.3. The van der Waals surface area contributed by atoms with Crippen LogP contribution in [-0.4, -0.2) is 16.0 Å². The van der Waals surface area contributed by atoms with Crippen molar-refractivity contribution in [2.75, 3.05) is 5.43 Å². The zero-order valence-electron chi connectivity index (χ0n) is 8.48. The first kappa shape index (κ1) is 12.1. The van der Waals surface area contributed by atoms with Gasteiger partial charge in [-0.15, -0.1) is 0 Å². The van der Waals surface area contributed by atoms with Crippen molar-refractivity contribution >= 4 is 45.6 Å². The molecule has 0 aliphatic carbocycles. The van der Waals surface area contributed by atoms with Crippen LogP contribution < -0.4 is 5.43 Å². The maximum atomic E-state index is 8.55. The molecule has 2 aromatic rings. The molecule has 0 amide bonds. The maximum absolute atomic E-state index is 8.55. The maximum Gasteiger partial charge on any atom is 0.237 e. The van der Waals surface area contributed by atoms with Crippen LogP contribution in [0.2, 0.25) is 10.0 Å². The van der Waals surface area contributed by atoms with E-state index in [-0.39, 0.29) is 27.0 Å². The number of anilines is 1. The van der Waals surface area contributed by atoms with E-state index in [0.29, 0.717) is 5.52 Å². The Balaban J connectivity index is 2.53. The first-order chi connectivity index (χ1) is 8.67. The van der Waals surface area contributed by atoms with Gasteiger partial charge in [0.25, 0.3) is 0 Å². The number of nitrogens with zero attached hydrogens (tertiary/aromatic N) is 5. The number of fused-ring (bicyclic) bond motifs is 1. The zero-order valence-corrected chi connectivity index (χ0v) is 9.99. The highest BCUT2D eigenvalue weighted by Gasteiger charge is 2.15. The Morgan fingerprint density at radius 1 is 1.22 bits per heavy atom. The summed E-state index contributed by atoms with van der Waals surface area (Å²) in [6.45, 7) is 0. The van der Waals surface area contributed by atoms with E-state index >= 15 is 0 Å². The predicted octanol–water partition coefficient (Wildman–Crippen LogP) is 2.34. The van der Waals surface area contributed by atoms with Gasteiger partial charge in [0.2, 0.25) is 5.71 Å². The molecule has 0 unspecified atom stereocenters. The average Bonchev–Trinajstić information content (AvgIpc) is 2.83. The van der Waals surface area contributed by atoms with E-state index in [9.17, 15) is 0 Å². The molecule has 2 rings (SSSR count). The zero-order chi connectivity index (χ0) is 13.1. The highest BCUT2D eigenvalue weighted by Crippen LogP contribution is 2.34. The lowest BCUT2D eigenvalue weighted by Crippen LogP contribution is -1.98. The Morgan fingerprint density at radius 2 is 1.89 bits per heavy atom. The number of halogens is 2. The monoisotopic (exact) mass is 280 g/mol. The first-order valence-electron chi connectivity index (χ1n) is 4.41. The Kier molecular flexibility index (Phi) is 3.28. The summed E-state index contributed by atoms with van der Waals surface area (Å²) in [6, 6.07) is 4.61. The highest BCUT2D eigenvalue weighted by molar-refractivity contribution is 6.40. The van der Waals surface area contributed by atoms with Crippen LogP contribution in [0.25, 0.3) is 11.0 Å². The minimum absolute atomic E-state index is 0.210. The topological polar surface area (TPSA) is 111 Å². The van der Waals surface area contributed by atoms with E-state index in [0.717, 1.165) is 0 Å². The number of nitrogens with one attached hydrogen (secondary N) is 1. The van der Waals surface area contributed by atoms with Crippen molar-refractivity contribution in [3.8, 4) is 12.1 Å². The van der Waals surface area contributed by atoms with Gasteiger partial charge in [-0.1, -0.05) is 23.2 Å². The number of benzene rings is 1. The molecule has 1 N–H and O–H groups in total. The van der Waals surface area contributed by atoms with Gasteiger partial charge in [-0.05, 0) is 16.4 Å². The van der Waals surface area contributed by atoms with Crippen LogP contribution in [0.4, 0.5) is 5.69 Å². The molecule has 0 aliphatic rings. The third-order valence-corrected chi connectivity index (χ3v) is 2.52. The molecular formula is C9H2Cl2N6O. The Labute approximate surface area is 110 Å². The molecule has 1 heterocycles. The van der Waals surface area contributed by atoms with Crippen LogP contribution in [0.3, 0.4) is 0 Å². The fourth-order valence-corrected chi connectivity index (χ4v) is 1.70. The van der Waals surface area contributed by atoms with Crippen molar-refractivity contribution in [2.45, 2.75) is 0 Å². The molecule has 0 radical (unpaired) electrons. The molecule has 7 nitrogen and oxygen atoms in total. The van der Waals surface area contributed by atoms with Crippen molar-refractivity contribution in [3.63, 3.8) is 0 Å². The van der Waals surface area contributed by atoms with Gasteiger partial charge in [-0.3, -0.25) is 5.43 Å². The highest BCUT2D eigenvalue weighted by atomic mass is 35.5. The number of hydrogen-bond donors (Lipinski definition) is 1. The second kappa shape index (κ2) is 4.88. The molecule has 1 aromatic heterocycles. The van der Waals surface area contributed by atoms with Gasteiger partial charge in [0.15, 0.2) is 11.0 Å². The van der Waals surface area contributed by atoms with E-state index in [4.69, 9.17) is 33.7 Å². The summed E-state index contributed by atoms with van der Waals surface area (Å²) >= 11 is 11.8. The normalized spacial score (nSPS) is 9.56. The molecule has 0 fully saturated rings. The smallest absolute Gasteiger partial charge is 0.237 e. The van der Waals surface area contributed by atoms with Crippen molar-refractivity contribution < 1.29 is 4.63 Å². The summed E-state index contributed by atoms with van der Waals surface area (Å²) in [7, 11) is 0. The minimum Gasteiger partial charge on any atom is -0.273 e. The van der Waals surface area contributed by atoms with E-state index < -0.39 is 0 Å². The second-order valence-electron chi connectivity index (χ2n) is 2.97. The van der Waals surface area contributed by atoms with Gasteiger partial charge in [-0.25, -0.2) is 4.63 Å². The van der Waals surface area contributed by atoms with Crippen molar-refractivity contribution in [1.82, 2.24) is 10.3 Å². The van der Waals surface area contributed by atoms with Crippen LogP contribution in [-0.2, 0) is 0 Å². The first-order valence-corrected chi connectivity index (χ1v) is 5.17. The van der Waals surface area contributed by atoms with E-state index in [2.05, 4.69) is 25.5 Å². The van der Waals surface area contributed by atoms with Gasteiger partial charge in [-0.2, -0.15) is 15.6 Å². The number of aromatic nitrogens is 2.